The molecule has 0 aliphatic heterocycles. The summed E-state index contributed by atoms with van der Waals surface area (Å²) >= 11 is 0. The number of benzene rings is 1. The minimum Gasteiger partial charge on any atom is -0.503 e. The van der Waals surface area contributed by atoms with Crippen LogP contribution >= 0.6 is 0 Å². The van der Waals surface area contributed by atoms with Gasteiger partial charge in [-0.3, -0.25) is 9.97 Å². The summed E-state index contributed by atoms with van der Waals surface area (Å²) < 4.78 is 9.83. The molecule has 0 unspecified atom stereocenters. The molecule has 7 nitrogen and oxygen atoms in total. The number of hydrogen-bond acceptors (Lipinski definition) is 7. The zero-order valence-electron chi connectivity index (χ0n) is 15.2. The lowest BCUT2D eigenvalue weighted by molar-refractivity contribution is -0.133. The molecule has 0 amide bonds. The molecule has 0 saturated heterocycles. The Morgan fingerprint density at radius 1 is 1.19 bits per heavy atom. The van der Waals surface area contributed by atoms with Crippen molar-refractivity contribution in [2.24, 2.45) is 5.16 Å². The molecule has 0 bridgehead atoms. The number of nitrogens with zero attached hydrogens (tertiary/aromatic N) is 3. The molecule has 2 rings (SSSR count). The summed E-state index contributed by atoms with van der Waals surface area (Å²) in [6.45, 7) is 3.74. The molecule has 0 atom stereocenters. The second-order valence-corrected chi connectivity index (χ2v) is 5.56. The molecule has 1 aromatic heterocycles. The minimum atomic E-state index is -0.553. The Labute approximate surface area is 152 Å². The largest absolute Gasteiger partial charge is 0.503 e. The summed E-state index contributed by atoms with van der Waals surface area (Å²) in [5.41, 5.74) is 3.98. The molecular weight excluding hydrogens is 334 g/mol. The SMILES string of the molecule is CO/C=C(/C(=O)OC)c1ccccc1/C(Cc1cnc(C)c(C)n1)=N/O. The number of aromatic nitrogens is 2. The van der Waals surface area contributed by atoms with Gasteiger partial charge in [-0.25, -0.2) is 4.79 Å². The van der Waals surface area contributed by atoms with Crippen LogP contribution in [0.5, 0.6) is 0 Å². The predicted molar refractivity (Wildman–Crippen MR) is 97.0 cm³/mol. The average molecular weight is 355 g/mol. The first-order valence-electron chi connectivity index (χ1n) is 7.92. The maximum Gasteiger partial charge on any atom is 0.341 e. The number of ether oxygens (including phenoxy) is 2. The Morgan fingerprint density at radius 3 is 2.46 bits per heavy atom. The molecule has 2 aromatic rings. The molecule has 0 radical (unpaired) electrons. The van der Waals surface area contributed by atoms with Crippen molar-refractivity contribution in [2.45, 2.75) is 20.3 Å². The van der Waals surface area contributed by atoms with E-state index in [1.807, 2.05) is 13.8 Å². The summed E-state index contributed by atoms with van der Waals surface area (Å²) in [6, 6.07) is 7.05. The van der Waals surface area contributed by atoms with E-state index in [-0.39, 0.29) is 12.0 Å². The van der Waals surface area contributed by atoms with Crippen LogP contribution in [-0.2, 0) is 20.7 Å². The average Bonchev–Trinajstić information content (AvgIpc) is 2.66. The first kappa shape index (κ1) is 19.1. The van der Waals surface area contributed by atoms with Crippen LogP contribution in [0.2, 0.25) is 0 Å². The lowest BCUT2D eigenvalue weighted by Crippen LogP contribution is -2.13. The van der Waals surface area contributed by atoms with Gasteiger partial charge in [-0.05, 0) is 13.8 Å². The molecule has 1 heterocycles. The smallest absolute Gasteiger partial charge is 0.341 e. The monoisotopic (exact) mass is 355 g/mol. The highest BCUT2D eigenvalue weighted by Crippen LogP contribution is 2.23. The van der Waals surface area contributed by atoms with Gasteiger partial charge in [0.2, 0.25) is 0 Å². The van der Waals surface area contributed by atoms with Crippen LogP contribution in [0, 0.1) is 13.8 Å². The van der Waals surface area contributed by atoms with Crippen LogP contribution in [0.15, 0.2) is 41.9 Å². The highest BCUT2D eigenvalue weighted by atomic mass is 16.5. The normalized spacial score (nSPS) is 12.0. The number of rotatable bonds is 6. The zero-order chi connectivity index (χ0) is 19.1. The van der Waals surface area contributed by atoms with E-state index in [1.54, 1.807) is 30.5 Å². The van der Waals surface area contributed by atoms with E-state index >= 15 is 0 Å². The highest BCUT2D eigenvalue weighted by molar-refractivity contribution is 6.19. The van der Waals surface area contributed by atoms with Crippen molar-refractivity contribution < 1.29 is 19.5 Å². The van der Waals surface area contributed by atoms with Gasteiger partial charge in [0.15, 0.2) is 0 Å². The second-order valence-electron chi connectivity index (χ2n) is 5.56. The Kier molecular flexibility index (Phi) is 6.43. The van der Waals surface area contributed by atoms with Crippen molar-refractivity contribution in [3.63, 3.8) is 0 Å². The minimum absolute atomic E-state index is 0.220. The molecule has 136 valence electrons. The van der Waals surface area contributed by atoms with Gasteiger partial charge in [-0.1, -0.05) is 29.4 Å². The van der Waals surface area contributed by atoms with Gasteiger partial charge >= 0.3 is 5.97 Å². The standard InChI is InChI=1S/C19H21N3O4/c1-12-13(2)21-14(10-20-12)9-18(22-24)16-8-6-5-7-15(16)17(11-25-3)19(23)26-4/h5-8,10-11,24H,9H2,1-4H3/b17-11+,22-18+. The number of carbonyl (C=O) groups excluding carboxylic acids is 1. The van der Waals surface area contributed by atoms with E-state index in [1.165, 1.54) is 20.5 Å². The van der Waals surface area contributed by atoms with E-state index in [0.29, 0.717) is 22.5 Å². The third kappa shape index (κ3) is 4.24. The molecule has 0 spiro atoms. The maximum atomic E-state index is 12.1. The van der Waals surface area contributed by atoms with Gasteiger partial charge in [-0.15, -0.1) is 0 Å². The van der Waals surface area contributed by atoms with Gasteiger partial charge in [0.1, 0.15) is 5.57 Å². The van der Waals surface area contributed by atoms with E-state index in [2.05, 4.69) is 15.1 Å². The Hall–Kier alpha value is -3.22. The van der Waals surface area contributed by atoms with Crippen LogP contribution < -0.4 is 0 Å². The Morgan fingerprint density at radius 2 is 1.88 bits per heavy atom. The summed E-state index contributed by atoms with van der Waals surface area (Å²) in [7, 11) is 2.73. The second kappa shape index (κ2) is 8.75. The predicted octanol–water partition coefficient (Wildman–Crippen LogP) is 2.67. The Bertz CT molecular complexity index is 860. The number of hydrogen-bond donors (Lipinski definition) is 1. The first-order valence-corrected chi connectivity index (χ1v) is 7.92. The van der Waals surface area contributed by atoms with Gasteiger partial charge in [0.25, 0.3) is 0 Å². The quantitative estimate of drug-likeness (QED) is 0.214. The molecule has 0 saturated carbocycles. The van der Waals surface area contributed by atoms with Crippen molar-refractivity contribution in [3.05, 3.63) is 64.9 Å². The van der Waals surface area contributed by atoms with E-state index < -0.39 is 5.97 Å². The van der Waals surface area contributed by atoms with Gasteiger partial charge < -0.3 is 14.7 Å². The third-order valence-corrected chi connectivity index (χ3v) is 3.88. The lowest BCUT2D eigenvalue weighted by atomic mass is 9.95. The van der Waals surface area contributed by atoms with Gasteiger partial charge in [0.05, 0.1) is 43.3 Å². The fourth-order valence-corrected chi connectivity index (χ4v) is 2.45. The van der Waals surface area contributed by atoms with Crippen molar-refractivity contribution in [3.8, 4) is 0 Å². The van der Waals surface area contributed by atoms with Crippen molar-refractivity contribution in [2.75, 3.05) is 14.2 Å². The number of aryl methyl sites for hydroxylation is 2. The topological polar surface area (TPSA) is 93.9 Å². The first-order chi connectivity index (χ1) is 12.5. The van der Waals surface area contributed by atoms with Crippen LogP contribution in [-0.4, -0.2) is 41.1 Å². The van der Waals surface area contributed by atoms with E-state index in [9.17, 15) is 10.0 Å². The number of carbonyl (C=O) groups is 1. The Balaban J connectivity index is 2.47. The van der Waals surface area contributed by atoms with Crippen molar-refractivity contribution in [1.29, 1.82) is 0 Å². The molecule has 0 fully saturated rings. The molecule has 26 heavy (non-hydrogen) atoms. The van der Waals surface area contributed by atoms with Crippen molar-refractivity contribution in [1.82, 2.24) is 9.97 Å². The summed E-state index contributed by atoms with van der Waals surface area (Å²) in [5.74, 6) is -0.553. The van der Waals surface area contributed by atoms with Crippen LogP contribution in [0.4, 0.5) is 0 Å². The maximum absolute atomic E-state index is 12.1. The molecule has 1 aromatic carbocycles. The van der Waals surface area contributed by atoms with E-state index in [0.717, 1.165) is 11.4 Å². The molecule has 0 aliphatic rings. The van der Waals surface area contributed by atoms with E-state index in [4.69, 9.17) is 9.47 Å². The third-order valence-electron chi connectivity index (χ3n) is 3.88. The molecular formula is C19H21N3O4. The fourth-order valence-electron chi connectivity index (χ4n) is 2.45. The van der Waals surface area contributed by atoms with Crippen LogP contribution in [0.3, 0.4) is 0 Å². The molecule has 7 heteroatoms. The van der Waals surface area contributed by atoms with Gasteiger partial charge in [-0.2, -0.15) is 0 Å². The number of methoxy groups -OCH3 is 2. The summed E-state index contributed by atoms with van der Waals surface area (Å²) in [4.78, 5) is 20.9. The lowest BCUT2D eigenvalue weighted by Gasteiger charge is -2.13. The van der Waals surface area contributed by atoms with Crippen LogP contribution in [0.1, 0.15) is 28.2 Å². The number of oxime groups is 1. The number of esters is 1. The molecule has 0 aliphatic carbocycles. The van der Waals surface area contributed by atoms with Crippen LogP contribution in [0.25, 0.3) is 5.57 Å². The van der Waals surface area contributed by atoms with Gasteiger partial charge in [0, 0.05) is 23.7 Å². The zero-order valence-corrected chi connectivity index (χ0v) is 15.2. The van der Waals surface area contributed by atoms with Crippen molar-refractivity contribution >= 4 is 17.3 Å². The summed E-state index contributed by atoms with van der Waals surface area (Å²) in [6.07, 6.45) is 3.20. The summed E-state index contributed by atoms with van der Waals surface area (Å²) in [5, 5.41) is 13.0. The molecule has 1 N–H and O–H groups in total. The fraction of sp³-hybridized carbons (Fsp3) is 0.263. The highest BCUT2D eigenvalue weighted by Gasteiger charge is 2.20.